The fraction of sp³-hybridized carbons (Fsp3) is 0.524. The van der Waals surface area contributed by atoms with Gasteiger partial charge in [-0.3, -0.25) is 9.69 Å². The number of carbonyl (C=O) groups excluding carboxylic acids is 1. The van der Waals surface area contributed by atoms with E-state index < -0.39 is 6.10 Å². The molecule has 2 fully saturated rings. The Hall–Kier alpha value is -1.96. The smallest absolute Gasteiger partial charge is 0.224 e. The Labute approximate surface area is 169 Å². The highest BCUT2D eigenvalue weighted by Gasteiger charge is 2.42. The summed E-state index contributed by atoms with van der Waals surface area (Å²) in [6, 6.07) is 7.36. The zero-order chi connectivity index (χ0) is 19.5. The number of benzene rings is 1. The summed E-state index contributed by atoms with van der Waals surface area (Å²) in [5.74, 6) is 1.77. The molecular formula is C21H27N3O3S. The molecule has 1 aliphatic carbocycles. The van der Waals surface area contributed by atoms with Crippen LogP contribution in [0.1, 0.15) is 23.4 Å². The first-order valence-corrected chi connectivity index (χ1v) is 10.7. The van der Waals surface area contributed by atoms with Gasteiger partial charge in [-0.1, -0.05) is 12.1 Å². The number of ether oxygens (including phenoxy) is 1. The molecule has 0 radical (unpaired) electrons. The number of methoxy groups -OCH3 is 1. The summed E-state index contributed by atoms with van der Waals surface area (Å²) >= 11 is 1.69. The highest BCUT2D eigenvalue weighted by Crippen LogP contribution is 2.37. The molecule has 28 heavy (non-hydrogen) atoms. The molecular weight excluding hydrogens is 374 g/mol. The second-order valence-corrected chi connectivity index (χ2v) is 8.86. The predicted octanol–water partition coefficient (Wildman–Crippen LogP) is 2.08. The van der Waals surface area contributed by atoms with Crippen molar-refractivity contribution in [2.24, 2.45) is 11.8 Å². The molecule has 0 unspecified atom stereocenters. The van der Waals surface area contributed by atoms with Crippen molar-refractivity contribution in [3.05, 3.63) is 46.4 Å². The van der Waals surface area contributed by atoms with E-state index in [2.05, 4.69) is 15.2 Å². The zero-order valence-corrected chi connectivity index (χ0v) is 16.9. The molecule has 1 aliphatic heterocycles. The Balaban J connectivity index is 1.30. The van der Waals surface area contributed by atoms with E-state index in [4.69, 9.17) is 4.74 Å². The summed E-state index contributed by atoms with van der Waals surface area (Å²) in [6.45, 7) is 2.91. The van der Waals surface area contributed by atoms with E-state index >= 15 is 0 Å². The van der Waals surface area contributed by atoms with Crippen LogP contribution in [0.5, 0.6) is 5.75 Å². The molecule has 2 aromatic rings. The maximum Gasteiger partial charge on any atom is 0.224 e. The van der Waals surface area contributed by atoms with Crippen molar-refractivity contribution in [3.63, 3.8) is 0 Å². The number of likely N-dealkylation sites (tertiary alicyclic amines) is 1. The largest absolute Gasteiger partial charge is 0.497 e. The van der Waals surface area contributed by atoms with Crippen LogP contribution in [-0.4, -0.2) is 53.2 Å². The molecule has 1 amide bonds. The Bertz CT molecular complexity index is 781. The van der Waals surface area contributed by atoms with Crippen LogP contribution in [0.2, 0.25) is 0 Å². The molecule has 1 aromatic heterocycles. The Kier molecular flexibility index (Phi) is 5.94. The monoisotopic (exact) mass is 401 g/mol. The first-order chi connectivity index (χ1) is 13.6. The van der Waals surface area contributed by atoms with Crippen molar-refractivity contribution >= 4 is 17.2 Å². The van der Waals surface area contributed by atoms with Gasteiger partial charge in [-0.25, -0.2) is 4.98 Å². The quantitative estimate of drug-likeness (QED) is 0.775. The molecule has 1 aromatic carbocycles. The third kappa shape index (κ3) is 4.54. The molecule has 1 saturated carbocycles. The van der Waals surface area contributed by atoms with Crippen molar-refractivity contribution in [1.29, 1.82) is 0 Å². The van der Waals surface area contributed by atoms with Crippen molar-refractivity contribution in [1.82, 2.24) is 15.2 Å². The Morgan fingerprint density at radius 1 is 1.29 bits per heavy atom. The maximum absolute atomic E-state index is 12.5. The summed E-state index contributed by atoms with van der Waals surface area (Å²) in [4.78, 5) is 19.3. The SMILES string of the molecule is COc1ccc(CC(=O)N[C@H]2C[C@H]3CN(Cc4nccs4)C[C@H]3C[C@@H]2O)cc1. The number of hydrogen-bond donors (Lipinski definition) is 2. The van der Waals surface area contributed by atoms with Gasteiger partial charge in [-0.15, -0.1) is 11.3 Å². The number of thiazole rings is 1. The average Bonchev–Trinajstić information content (AvgIpc) is 3.32. The molecule has 6 nitrogen and oxygen atoms in total. The number of aliphatic hydroxyl groups excluding tert-OH is 1. The topological polar surface area (TPSA) is 74.7 Å². The number of aliphatic hydroxyl groups is 1. The lowest BCUT2D eigenvalue weighted by Gasteiger charge is -2.35. The normalized spacial score (nSPS) is 27.4. The van der Waals surface area contributed by atoms with Gasteiger partial charge in [0.2, 0.25) is 5.91 Å². The third-order valence-corrected chi connectivity index (χ3v) is 6.69. The number of rotatable bonds is 6. The number of amides is 1. The molecule has 2 N–H and O–H groups in total. The Morgan fingerprint density at radius 3 is 2.71 bits per heavy atom. The fourth-order valence-electron chi connectivity index (χ4n) is 4.52. The van der Waals surface area contributed by atoms with Crippen LogP contribution in [0.25, 0.3) is 0 Å². The molecule has 0 bridgehead atoms. The lowest BCUT2D eigenvalue weighted by atomic mass is 9.77. The minimum Gasteiger partial charge on any atom is -0.497 e. The summed E-state index contributed by atoms with van der Waals surface area (Å²) < 4.78 is 5.15. The predicted molar refractivity (Wildman–Crippen MR) is 108 cm³/mol. The standard InChI is InChI=1S/C21H27N3O3S/c1-27-17-4-2-14(3-5-17)8-20(26)23-18-9-15-11-24(12-16(15)10-19(18)25)13-21-22-6-7-28-21/h2-7,15-16,18-19,25H,8-13H2,1H3,(H,23,26)/t15-,16+,18-,19-/m0/s1. The average molecular weight is 402 g/mol. The van der Waals surface area contributed by atoms with E-state index in [1.54, 1.807) is 18.4 Å². The number of nitrogens with zero attached hydrogens (tertiary/aromatic N) is 2. The van der Waals surface area contributed by atoms with E-state index in [0.717, 1.165) is 48.8 Å². The lowest BCUT2D eigenvalue weighted by molar-refractivity contribution is -0.122. The molecule has 4 rings (SSSR count). The van der Waals surface area contributed by atoms with Gasteiger partial charge in [0.25, 0.3) is 0 Å². The number of hydrogen-bond acceptors (Lipinski definition) is 6. The van der Waals surface area contributed by atoms with E-state index in [1.807, 2.05) is 35.8 Å². The number of carbonyl (C=O) groups is 1. The fourth-order valence-corrected chi connectivity index (χ4v) is 5.18. The van der Waals surface area contributed by atoms with Crippen molar-refractivity contribution < 1.29 is 14.6 Å². The minimum atomic E-state index is -0.471. The van der Waals surface area contributed by atoms with Crippen LogP contribution in [-0.2, 0) is 17.8 Å². The second-order valence-electron chi connectivity index (χ2n) is 7.88. The van der Waals surface area contributed by atoms with Crippen molar-refractivity contribution in [3.8, 4) is 5.75 Å². The lowest BCUT2D eigenvalue weighted by Crippen LogP contribution is -2.49. The van der Waals surface area contributed by atoms with Crippen LogP contribution >= 0.6 is 11.3 Å². The van der Waals surface area contributed by atoms with Gasteiger partial charge < -0.3 is 15.2 Å². The molecule has 0 spiro atoms. The van der Waals surface area contributed by atoms with Crippen LogP contribution in [0.15, 0.2) is 35.8 Å². The third-order valence-electron chi connectivity index (χ3n) is 5.93. The van der Waals surface area contributed by atoms with E-state index in [0.29, 0.717) is 18.3 Å². The summed E-state index contributed by atoms with van der Waals surface area (Å²) in [6.07, 6.45) is 3.29. The molecule has 4 atom stereocenters. The molecule has 2 heterocycles. The van der Waals surface area contributed by atoms with Crippen LogP contribution in [0.3, 0.4) is 0 Å². The van der Waals surface area contributed by atoms with Crippen molar-refractivity contribution in [2.45, 2.75) is 38.0 Å². The summed E-state index contributed by atoms with van der Waals surface area (Å²) in [5.41, 5.74) is 0.942. The van der Waals surface area contributed by atoms with Gasteiger partial charge in [-0.05, 0) is 42.4 Å². The second kappa shape index (κ2) is 8.59. The van der Waals surface area contributed by atoms with Gasteiger partial charge in [0, 0.05) is 24.7 Å². The first kappa shape index (κ1) is 19.4. The van der Waals surface area contributed by atoms with E-state index in [-0.39, 0.29) is 11.9 Å². The maximum atomic E-state index is 12.5. The van der Waals surface area contributed by atoms with Crippen molar-refractivity contribution in [2.75, 3.05) is 20.2 Å². The minimum absolute atomic E-state index is 0.0368. The van der Waals surface area contributed by atoms with Gasteiger partial charge in [0.05, 0.1) is 32.2 Å². The van der Waals surface area contributed by atoms with E-state index in [9.17, 15) is 9.90 Å². The molecule has 150 valence electrons. The number of aromatic nitrogens is 1. The van der Waals surface area contributed by atoms with Gasteiger partial charge in [0.1, 0.15) is 10.8 Å². The van der Waals surface area contributed by atoms with Gasteiger partial charge >= 0.3 is 0 Å². The number of nitrogens with one attached hydrogen (secondary N) is 1. The highest BCUT2D eigenvalue weighted by atomic mass is 32.1. The molecule has 7 heteroatoms. The summed E-state index contributed by atoms with van der Waals surface area (Å²) in [7, 11) is 1.63. The zero-order valence-electron chi connectivity index (χ0n) is 16.1. The number of fused-ring (bicyclic) bond motifs is 1. The molecule has 2 aliphatic rings. The van der Waals surface area contributed by atoms with Crippen LogP contribution < -0.4 is 10.1 Å². The molecule has 1 saturated heterocycles. The van der Waals surface area contributed by atoms with Gasteiger partial charge in [0.15, 0.2) is 0 Å². The van der Waals surface area contributed by atoms with E-state index in [1.165, 1.54) is 0 Å². The highest BCUT2D eigenvalue weighted by molar-refractivity contribution is 7.09. The van der Waals surface area contributed by atoms with Crippen LogP contribution in [0, 0.1) is 11.8 Å². The Morgan fingerprint density at radius 2 is 2.04 bits per heavy atom. The van der Waals surface area contributed by atoms with Gasteiger partial charge in [-0.2, -0.15) is 0 Å². The van der Waals surface area contributed by atoms with Crippen LogP contribution in [0.4, 0.5) is 0 Å². The first-order valence-electron chi connectivity index (χ1n) is 9.82. The summed E-state index contributed by atoms with van der Waals surface area (Å²) in [5, 5.41) is 16.8.